The van der Waals surface area contributed by atoms with E-state index in [1.165, 1.54) is 18.1 Å². The van der Waals surface area contributed by atoms with Gasteiger partial charge in [0.05, 0.1) is 35.4 Å². The number of aliphatic hydroxyl groups is 1. The molecule has 1 aliphatic heterocycles. The van der Waals surface area contributed by atoms with Crippen LogP contribution in [-0.4, -0.2) is 54.8 Å². The molecule has 1 N–H and O–H groups in total. The van der Waals surface area contributed by atoms with Gasteiger partial charge >= 0.3 is 18.0 Å². The molecule has 0 bridgehead atoms. The van der Waals surface area contributed by atoms with Crippen LogP contribution >= 0.6 is 23.2 Å². The lowest BCUT2D eigenvalue weighted by molar-refractivity contribution is -0.144. The first kappa shape index (κ1) is 34.3. The van der Waals surface area contributed by atoms with Gasteiger partial charge in [0.1, 0.15) is 30.2 Å². The van der Waals surface area contributed by atoms with E-state index in [0.717, 1.165) is 0 Å². The molecular formula is C31H39Cl2NO9. The first-order valence-corrected chi connectivity index (χ1v) is 14.7. The third-order valence-corrected chi connectivity index (χ3v) is 7.48. The average Bonchev–Trinajstić information content (AvgIpc) is 2.90. The first-order valence-electron chi connectivity index (χ1n) is 14.0. The molecule has 0 aliphatic carbocycles. The lowest BCUT2D eigenvalue weighted by atomic mass is 9.96. The molecule has 12 heteroatoms. The van der Waals surface area contributed by atoms with Gasteiger partial charge in [-0.2, -0.15) is 0 Å². The molecule has 0 saturated heterocycles. The summed E-state index contributed by atoms with van der Waals surface area (Å²) in [5, 5.41) is 11.0. The summed E-state index contributed by atoms with van der Waals surface area (Å²) in [6, 6.07) is 3.08. The molecule has 0 aromatic heterocycles. The van der Waals surface area contributed by atoms with Crippen molar-refractivity contribution < 1.29 is 43.2 Å². The number of aliphatic hydroxyl groups excluding tert-OH is 1. The van der Waals surface area contributed by atoms with Crippen LogP contribution in [0.4, 0.5) is 4.79 Å². The number of methoxy groups -OCH3 is 1. The number of amides is 1. The summed E-state index contributed by atoms with van der Waals surface area (Å²) >= 11 is 13.3. The van der Waals surface area contributed by atoms with E-state index in [2.05, 4.69) is 0 Å². The highest BCUT2D eigenvalue weighted by atomic mass is 35.5. The van der Waals surface area contributed by atoms with Crippen LogP contribution in [0.5, 0.6) is 23.0 Å². The van der Waals surface area contributed by atoms with Gasteiger partial charge in [-0.3, -0.25) is 9.69 Å². The van der Waals surface area contributed by atoms with E-state index >= 15 is 0 Å². The predicted molar refractivity (Wildman–Crippen MR) is 161 cm³/mol. The monoisotopic (exact) mass is 639 g/mol. The van der Waals surface area contributed by atoms with E-state index in [1.54, 1.807) is 19.9 Å². The van der Waals surface area contributed by atoms with Crippen molar-refractivity contribution in [2.75, 3.05) is 26.8 Å². The van der Waals surface area contributed by atoms with E-state index in [1.807, 2.05) is 34.6 Å². The van der Waals surface area contributed by atoms with Crippen molar-refractivity contribution in [3.8, 4) is 23.0 Å². The Labute approximate surface area is 262 Å². The molecule has 10 nitrogen and oxygen atoms in total. The van der Waals surface area contributed by atoms with Gasteiger partial charge in [-0.25, -0.2) is 9.59 Å². The number of hydrogen-bond donors (Lipinski definition) is 1. The SMILES string of the molecule is CCOC(=O)CN(CC(C)(C)C)C(=O)Oc1c(Cl)c(C)c(Cl)c2c1Oc1ccc([C@@H](O)CC(C)C)c(OC)c1C(=O)OC2. The number of halogens is 2. The fourth-order valence-corrected chi connectivity index (χ4v) is 5.17. The molecule has 0 fully saturated rings. The minimum Gasteiger partial charge on any atom is -0.495 e. The van der Waals surface area contributed by atoms with Gasteiger partial charge < -0.3 is 28.8 Å². The van der Waals surface area contributed by atoms with E-state index < -0.39 is 29.6 Å². The number of fused-ring (bicyclic) bond motifs is 2. The molecule has 43 heavy (non-hydrogen) atoms. The Bertz CT molecular complexity index is 1380. The van der Waals surface area contributed by atoms with E-state index in [9.17, 15) is 19.5 Å². The number of carbonyl (C=O) groups excluding carboxylic acids is 3. The Hall–Kier alpha value is -3.21. The molecule has 1 heterocycles. The number of cyclic esters (lactones) is 1. The predicted octanol–water partition coefficient (Wildman–Crippen LogP) is 7.26. The quantitative estimate of drug-likeness (QED) is 0.282. The van der Waals surface area contributed by atoms with Gasteiger partial charge in [-0.1, -0.05) is 57.8 Å². The zero-order valence-electron chi connectivity index (χ0n) is 25.8. The van der Waals surface area contributed by atoms with Crippen LogP contribution in [-0.2, 0) is 20.9 Å². The number of ether oxygens (including phenoxy) is 5. The fraction of sp³-hybridized carbons (Fsp3) is 0.516. The maximum absolute atomic E-state index is 13.5. The molecule has 0 saturated carbocycles. The number of nitrogens with zero attached hydrogens (tertiary/aromatic N) is 1. The van der Waals surface area contributed by atoms with Crippen LogP contribution in [0.3, 0.4) is 0 Å². The van der Waals surface area contributed by atoms with Crippen LogP contribution < -0.4 is 14.2 Å². The Kier molecular flexibility index (Phi) is 11.2. The maximum atomic E-state index is 13.5. The Balaban J connectivity index is 2.15. The highest BCUT2D eigenvalue weighted by molar-refractivity contribution is 6.38. The van der Waals surface area contributed by atoms with Crippen molar-refractivity contribution in [3.05, 3.63) is 44.4 Å². The molecule has 3 rings (SSSR count). The molecule has 236 valence electrons. The molecule has 1 atom stereocenters. The highest BCUT2D eigenvalue weighted by Crippen LogP contribution is 2.50. The summed E-state index contributed by atoms with van der Waals surface area (Å²) in [5.74, 6) is -1.31. The Morgan fingerprint density at radius 3 is 2.40 bits per heavy atom. The summed E-state index contributed by atoms with van der Waals surface area (Å²) < 4.78 is 28.3. The second-order valence-electron chi connectivity index (χ2n) is 11.9. The molecular weight excluding hydrogens is 601 g/mol. The van der Waals surface area contributed by atoms with Gasteiger partial charge in [0.2, 0.25) is 0 Å². The standard InChI is InChI=1S/C31H39Cl2NO9/c1-9-40-22(36)13-34(15-31(5,6)7)30(38)43-28-25(33)17(4)24(32)19-14-41-29(37)23-21(42-27(19)28)11-10-18(26(23)39-8)20(35)12-16(2)3/h10-11,16,20,35H,9,12-15H2,1-8H3/t20-/m0/s1. The van der Waals surface area contributed by atoms with Gasteiger partial charge in [0.15, 0.2) is 11.5 Å². The third kappa shape index (κ3) is 8.04. The third-order valence-electron chi connectivity index (χ3n) is 6.51. The highest BCUT2D eigenvalue weighted by Gasteiger charge is 2.34. The van der Waals surface area contributed by atoms with Crippen LogP contribution in [0, 0.1) is 18.3 Å². The van der Waals surface area contributed by atoms with E-state index in [-0.39, 0.29) is 76.4 Å². The average molecular weight is 641 g/mol. The molecule has 0 spiro atoms. The largest absolute Gasteiger partial charge is 0.495 e. The summed E-state index contributed by atoms with van der Waals surface area (Å²) in [7, 11) is 1.37. The van der Waals surface area contributed by atoms with E-state index in [0.29, 0.717) is 17.5 Å². The first-order chi connectivity index (χ1) is 20.1. The summed E-state index contributed by atoms with van der Waals surface area (Å²) in [6.07, 6.45) is -1.36. The Morgan fingerprint density at radius 2 is 1.81 bits per heavy atom. The fourth-order valence-electron chi connectivity index (χ4n) is 4.66. The van der Waals surface area contributed by atoms with Crippen molar-refractivity contribution in [2.24, 2.45) is 11.3 Å². The van der Waals surface area contributed by atoms with Crippen molar-refractivity contribution in [1.29, 1.82) is 0 Å². The second-order valence-corrected chi connectivity index (χ2v) is 12.6. The number of esters is 2. The van der Waals surface area contributed by atoms with Gasteiger partial charge in [-0.05, 0) is 49.3 Å². The molecule has 0 radical (unpaired) electrons. The van der Waals surface area contributed by atoms with Crippen molar-refractivity contribution in [1.82, 2.24) is 4.90 Å². The normalized spacial score (nSPS) is 13.5. The van der Waals surface area contributed by atoms with Gasteiger partial charge in [0, 0.05) is 12.1 Å². The van der Waals surface area contributed by atoms with Crippen molar-refractivity contribution >= 4 is 41.2 Å². The summed E-state index contributed by atoms with van der Waals surface area (Å²) in [5.41, 5.74) is 0.525. The molecule has 0 unspecified atom stereocenters. The van der Waals surface area contributed by atoms with E-state index in [4.69, 9.17) is 46.9 Å². The summed E-state index contributed by atoms with van der Waals surface area (Å²) in [4.78, 5) is 40.4. The Morgan fingerprint density at radius 1 is 1.14 bits per heavy atom. The van der Waals surface area contributed by atoms with Crippen LogP contribution in [0.25, 0.3) is 0 Å². The van der Waals surface area contributed by atoms with Crippen LogP contribution in [0.15, 0.2) is 12.1 Å². The topological polar surface area (TPSA) is 121 Å². The molecule has 1 aliphatic rings. The number of hydrogen-bond acceptors (Lipinski definition) is 9. The number of benzene rings is 2. The number of carbonyl (C=O) groups is 3. The zero-order chi connectivity index (χ0) is 32.2. The lowest BCUT2D eigenvalue weighted by Gasteiger charge is -2.29. The molecule has 2 aromatic rings. The maximum Gasteiger partial charge on any atom is 0.415 e. The minimum absolute atomic E-state index is 0.00617. The molecule has 2 aromatic carbocycles. The second kappa shape index (κ2) is 14.1. The van der Waals surface area contributed by atoms with Crippen molar-refractivity contribution in [3.63, 3.8) is 0 Å². The van der Waals surface area contributed by atoms with Gasteiger partial charge in [0.25, 0.3) is 0 Å². The van der Waals surface area contributed by atoms with Crippen molar-refractivity contribution in [2.45, 2.75) is 67.6 Å². The van der Waals surface area contributed by atoms with Crippen LogP contribution in [0.1, 0.15) is 81.1 Å². The lowest BCUT2D eigenvalue weighted by Crippen LogP contribution is -2.43. The van der Waals surface area contributed by atoms with Crippen LogP contribution in [0.2, 0.25) is 10.0 Å². The summed E-state index contributed by atoms with van der Waals surface area (Å²) in [6.45, 7) is 12.6. The molecule has 1 amide bonds. The number of rotatable bonds is 9. The smallest absolute Gasteiger partial charge is 0.415 e. The zero-order valence-corrected chi connectivity index (χ0v) is 27.3. The van der Waals surface area contributed by atoms with Gasteiger partial charge in [-0.15, -0.1) is 0 Å². The minimum atomic E-state index is -0.915.